The Labute approximate surface area is 117 Å². The first kappa shape index (κ1) is 11.8. The van der Waals surface area contributed by atoms with Gasteiger partial charge in [0, 0.05) is 22.9 Å². The van der Waals surface area contributed by atoms with Crippen LogP contribution in [0.1, 0.15) is 31.2 Å². The van der Waals surface area contributed by atoms with Crippen molar-refractivity contribution in [3.63, 3.8) is 0 Å². The molecule has 2 aromatic rings. The highest BCUT2D eigenvalue weighted by Gasteiger charge is 2.44. The van der Waals surface area contributed by atoms with Crippen LogP contribution in [0, 0.1) is 0 Å². The van der Waals surface area contributed by atoms with Crippen molar-refractivity contribution in [3.05, 3.63) is 30.0 Å². The third-order valence-corrected chi connectivity index (χ3v) is 6.19. The van der Waals surface area contributed by atoms with Gasteiger partial charge in [-0.25, -0.2) is 0 Å². The second kappa shape index (κ2) is 4.00. The monoisotopic (exact) mass is 274 g/mol. The van der Waals surface area contributed by atoms with E-state index in [4.69, 9.17) is 0 Å². The topological polar surface area (TPSA) is 38.0 Å². The zero-order chi connectivity index (χ0) is 13.0. The van der Waals surface area contributed by atoms with E-state index in [-0.39, 0.29) is 0 Å². The summed E-state index contributed by atoms with van der Waals surface area (Å²) in [4.78, 5) is 0. The zero-order valence-electron chi connectivity index (χ0n) is 11.0. The Morgan fingerprint density at radius 2 is 2.05 bits per heavy atom. The lowest BCUT2D eigenvalue weighted by Crippen LogP contribution is -2.34. The summed E-state index contributed by atoms with van der Waals surface area (Å²) in [6.07, 6.45) is 6.22. The van der Waals surface area contributed by atoms with E-state index < -0.39 is 5.60 Å². The Balaban J connectivity index is 1.78. The molecule has 2 atom stereocenters. The minimum atomic E-state index is -0.629. The maximum absolute atomic E-state index is 11.1. The van der Waals surface area contributed by atoms with Crippen LogP contribution in [0.15, 0.2) is 24.4 Å². The van der Waals surface area contributed by atoms with Crippen molar-refractivity contribution in [2.24, 2.45) is 7.05 Å². The third-order valence-electron chi connectivity index (χ3n) is 4.61. The van der Waals surface area contributed by atoms with Crippen molar-refractivity contribution >= 4 is 22.7 Å². The van der Waals surface area contributed by atoms with Gasteiger partial charge in [-0.2, -0.15) is 16.9 Å². The molecule has 2 bridgehead atoms. The zero-order valence-corrected chi connectivity index (χ0v) is 11.9. The van der Waals surface area contributed by atoms with Crippen molar-refractivity contribution in [2.45, 2.75) is 41.8 Å². The maximum Gasteiger partial charge on any atom is 0.0918 e. The Kier molecular flexibility index (Phi) is 2.48. The second-order valence-corrected chi connectivity index (χ2v) is 7.54. The lowest BCUT2D eigenvalue weighted by Gasteiger charge is -2.36. The summed E-state index contributed by atoms with van der Waals surface area (Å²) in [5.41, 5.74) is 1.55. The van der Waals surface area contributed by atoms with Gasteiger partial charge < -0.3 is 5.11 Å². The summed E-state index contributed by atoms with van der Waals surface area (Å²) in [5.74, 6) is 0. The molecule has 4 rings (SSSR count). The summed E-state index contributed by atoms with van der Waals surface area (Å²) in [5, 5.41) is 17.8. The summed E-state index contributed by atoms with van der Waals surface area (Å²) in [7, 11) is 1.95. The molecule has 2 unspecified atom stereocenters. The number of fused-ring (bicyclic) bond motifs is 3. The Bertz CT molecular complexity index is 624. The molecular weight excluding hydrogens is 256 g/mol. The molecule has 4 heteroatoms. The van der Waals surface area contributed by atoms with Crippen molar-refractivity contribution in [1.29, 1.82) is 0 Å². The minimum Gasteiger partial charge on any atom is -0.385 e. The first-order valence-corrected chi connectivity index (χ1v) is 7.88. The van der Waals surface area contributed by atoms with E-state index in [1.54, 1.807) is 0 Å². The number of benzene rings is 1. The van der Waals surface area contributed by atoms with Gasteiger partial charge in [0.2, 0.25) is 0 Å². The molecule has 2 aliphatic rings. The molecule has 1 aromatic carbocycles. The van der Waals surface area contributed by atoms with Gasteiger partial charge in [0.25, 0.3) is 0 Å². The molecule has 2 fully saturated rings. The van der Waals surface area contributed by atoms with Gasteiger partial charge in [-0.3, -0.25) is 4.68 Å². The highest BCUT2D eigenvalue weighted by Crippen LogP contribution is 2.51. The smallest absolute Gasteiger partial charge is 0.0918 e. The molecule has 100 valence electrons. The van der Waals surface area contributed by atoms with E-state index in [2.05, 4.69) is 35.1 Å². The lowest BCUT2D eigenvalue weighted by molar-refractivity contribution is 0.0197. The molecule has 19 heavy (non-hydrogen) atoms. The summed E-state index contributed by atoms with van der Waals surface area (Å²) in [6, 6.07) is 6.29. The first-order chi connectivity index (χ1) is 9.14. The van der Waals surface area contributed by atoms with Crippen LogP contribution in [-0.4, -0.2) is 25.4 Å². The van der Waals surface area contributed by atoms with Gasteiger partial charge in [0.1, 0.15) is 0 Å². The average Bonchev–Trinajstić information content (AvgIpc) is 2.93. The number of nitrogens with zero attached hydrogens (tertiary/aromatic N) is 2. The summed E-state index contributed by atoms with van der Waals surface area (Å²) < 4.78 is 1.88. The Hall–Kier alpha value is -1.00. The molecule has 2 aliphatic heterocycles. The fourth-order valence-electron chi connectivity index (χ4n) is 3.59. The van der Waals surface area contributed by atoms with Gasteiger partial charge in [-0.05, 0) is 37.3 Å². The number of hydrogen-bond donors (Lipinski definition) is 1. The predicted octanol–water partition coefficient (Wildman–Crippen LogP) is 2.82. The molecule has 0 saturated carbocycles. The standard InChI is InChI=1S/C15H18N2OS/c1-17-14-6-11(3-2-10(14)9-16-17)15(18)7-12-4-5-13(8-15)19-12/h2-3,6,9,12-13,18H,4-5,7-8H2,1H3. The van der Waals surface area contributed by atoms with Crippen molar-refractivity contribution in [2.75, 3.05) is 0 Å². The van der Waals surface area contributed by atoms with Crippen LogP contribution in [0.5, 0.6) is 0 Å². The molecule has 3 heterocycles. The van der Waals surface area contributed by atoms with E-state index in [0.29, 0.717) is 10.5 Å². The molecule has 1 aromatic heterocycles. The molecule has 1 N–H and O–H groups in total. The van der Waals surface area contributed by atoms with Gasteiger partial charge in [0.15, 0.2) is 0 Å². The molecule has 0 radical (unpaired) electrons. The van der Waals surface area contributed by atoms with E-state index in [1.165, 1.54) is 12.8 Å². The predicted molar refractivity (Wildman–Crippen MR) is 78.2 cm³/mol. The van der Waals surface area contributed by atoms with Crippen LogP contribution >= 0.6 is 11.8 Å². The van der Waals surface area contributed by atoms with E-state index in [1.807, 2.05) is 17.9 Å². The van der Waals surface area contributed by atoms with Crippen LogP contribution < -0.4 is 0 Å². The number of aliphatic hydroxyl groups is 1. The van der Waals surface area contributed by atoms with Crippen LogP contribution in [0.2, 0.25) is 0 Å². The van der Waals surface area contributed by atoms with Gasteiger partial charge >= 0.3 is 0 Å². The average molecular weight is 274 g/mol. The van der Waals surface area contributed by atoms with Gasteiger partial charge in [0.05, 0.1) is 17.3 Å². The van der Waals surface area contributed by atoms with Crippen molar-refractivity contribution < 1.29 is 5.11 Å². The van der Waals surface area contributed by atoms with Crippen LogP contribution in [-0.2, 0) is 12.6 Å². The number of aromatic nitrogens is 2. The van der Waals surface area contributed by atoms with E-state index >= 15 is 0 Å². The highest BCUT2D eigenvalue weighted by molar-refractivity contribution is 8.00. The van der Waals surface area contributed by atoms with Crippen molar-refractivity contribution in [1.82, 2.24) is 9.78 Å². The van der Waals surface area contributed by atoms with Crippen molar-refractivity contribution in [3.8, 4) is 0 Å². The summed E-state index contributed by atoms with van der Waals surface area (Å²) >= 11 is 2.08. The quantitative estimate of drug-likeness (QED) is 0.869. The molecule has 3 nitrogen and oxygen atoms in total. The Morgan fingerprint density at radius 1 is 1.32 bits per heavy atom. The van der Waals surface area contributed by atoms with E-state index in [0.717, 1.165) is 29.3 Å². The number of hydrogen-bond acceptors (Lipinski definition) is 3. The first-order valence-electron chi connectivity index (χ1n) is 6.94. The fourth-order valence-corrected chi connectivity index (χ4v) is 5.42. The molecule has 0 spiro atoms. The largest absolute Gasteiger partial charge is 0.385 e. The molecule has 0 amide bonds. The van der Waals surface area contributed by atoms with Crippen LogP contribution in [0.25, 0.3) is 10.9 Å². The molecular formula is C15H18N2OS. The minimum absolute atomic E-state index is 0.629. The highest BCUT2D eigenvalue weighted by atomic mass is 32.2. The van der Waals surface area contributed by atoms with E-state index in [9.17, 15) is 5.11 Å². The van der Waals surface area contributed by atoms with Crippen LogP contribution in [0.4, 0.5) is 0 Å². The SMILES string of the molecule is Cn1ncc2ccc(C3(O)CC4CCC(C3)S4)cc21. The number of rotatable bonds is 1. The fraction of sp³-hybridized carbons (Fsp3) is 0.533. The molecule has 2 saturated heterocycles. The van der Waals surface area contributed by atoms with Gasteiger partial charge in [-0.15, -0.1) is 0 Å². The maximum atomic E-state index is 11.1. The normalized spacial score (nSPS) is 34.0. The summed E-state index contributed by atoms with van der Waals surface area (Å²) in [6.45, 7) is 0. The number of aryl methyl sites for hydroxylation is 1. The molecule has 0 aliphatic carbocycles. The van der Waals surface area contributed by atoms with Crippen LogP contribution in [0.3, 0.4) is 0 Å². The third kappa shape index (κ3) is 1.81. The number of thioether (sulfide) groups is 1. The second-order valence-electron chi connectivity index (χ2n) is 5.94. The Morgan fingerprint density at radius 3 is 2.79 bits per heavy atom. The lowest BCUT2D eigenvalue weighted by atomic mass is 9.85. The van der Waals surface area contributed by atoms with Gasteiger partial charge in [-0.1, -0.05) is 12.1 Å².